The first kappa shape index (κ1) is 85.1. The molecule has 0 spiro atoms. The first-order valence-electron chi connectivity index (χ1n) is 38.1. The van der Waals surface area contributed by atoms with Crippen LogP contribution in [-0.2, 0) is 47.8 Å². The van der Waals surface area contributed by atoms with Gasteiger partial charge in [-0.1, -0.05) is 279 Å². The lowest BCUT2D eigenvalue weighted by atomic mass is 9.92. The number of unbranched alkanes of at least 4 members (excludes halogenated alkanes) is 37. The largest absolute Gasteiger partial charge is 0.481 e. The first-order valence-corrected chi connectivity index (χ1v) is 38.1. The van der Waals surface area contributed by atoms with Crippen molar-refractivity contribution in [1.82, 2.24) is 26.2 Å². The van der Waals surface area contributed by atoms with Crippen LogP contribution >= 0.6 is 0 Å². The van der Waals surface area contributed by atoms with E-state index in [1.165, 1.54) is 120 Å². The molecule has 6 amide bonds. The second kappa shape index (κ2) is 61.0. The number of carbonyl (C=O) groups is 8. The molecule has 0 aromatic rings. The lowest BCUT2D eigenvalue weighted by Gasteiger charge is -2.25. The van der Waals surface area contributed by atoms with Gasteiger partial charge in [-0.05, 0) is 50.9 Å². The van der Waals surface area contributed by atoms with E-state index in [4.69, 9.17) is 14.6 Å². The molecule has 0 saturated carbocycles. The van der Waals surface area contributed by atoms with Crippen LogP contribution in [0.2, 0.25) is 0 Å². The van der Waals surface area contributed by atoms with Gasteiger partial charge < -0.3 is 35.8 Å². The van der Waals surface area contributed by atoms with Gasteiger partial charge in [-0.25, -0.2) is 0 Å². The lowest BCUT2D eigenvalue weighted by Crippen LogP contribution is -2.54. The fourth-order valence-electron chi connectivity index (χ4n) is 12.4. The zero-order valence-corrected chi connectivity index (χ0v) is 59.2. The second-order valence-electron chi connectivity index (χ2n) is 27.2. The van der Waals surface area contributed by atoms with Gasteiger partial charge in [0.25, 0.3) is 0 Å². The molecule has 91 heavy (non-hydrogen) atoms. The Morgan fingerprint density at radius 2 is 0.846 bits per heavy atom. The van der Waals surface area contributed by atoms with E-state index in [0.29, 0.717) is 71.2 Å². The van der Waals surface area contributed by atoms with Crippen molar-refractivity contribution in [2.24, 2.45) is 17.8 Å². The Kier molecular flexibility index (Phi) is 57.0. The summed E-state index contributed by atoms with van der Waals surface area (Å²) in [6, 6.07) is -1.66. The van der Waals surface area contributed by atoms with E-state index in [9.17, 15) is 38.4 Å². The van der Waals surface area contributed by atoms with E-state index >= 15 is 0 Å². The van der Waals surface area contributed by atoms with E-state index in [-0.39, 0.29) is 98.5 Å². The Morgan fingerprint density at radius 3 is 1.32 bits per heavy atom. The number of ketones is 1. The number of Topliss-reactive ketones (excluding diaryl/α,β-unsaturated/α-hetero) is 1. The number of ether oxygens (including phenoxy) is 2. The van der Waals surface area contributed by atoms with Gasteiger partial charge >= 0.3 is 5.97 Å². The highest BCUT2D eigenvalue weighted by Crippen LogP contribution is 2.27. The van der Waals surface area contributed by atoms with Crippen molar-refractivity contribution in [2.45, 2.75) is 368 Å². The van der Waals surface area contributed by atoms with Crippen LogP contribution in [0, 0.1) is 17.8 Å². The third kappa shape index (κ3) is 49.3. The van der Waals surface area contributed by atoms with Crippen LogP contribution in [0.15, 0.2) is 0 Å². The molecule has 0 aromatic carbocycles. The minimum Gasteiger partial charge on any atom is -0.481 e. The number of carboxylic acids is 1. The third-order valence-electron chi connectivity index (χ3n) is 18.4. The molecular weight excluding hydrogens is 1150 g/mol. The predicted octanol–water partition coefficient (Wildman–Crippen LogP) is 16.7. The smallest absolute Gasteiger partial charge is 0.303 e. The van der Waals surface area contributed by atoms with Gasteiger partial charge in [0.05, 0.1) is 26.4 Å². The van der Waals surface area contributed by atoms with Gasteiger partial charge in [0.1, 0.15) is 17.9 Å². The Bertz CT molecular complexity index is 1850. The van der Waals surface area contributed by atoms with Crippen LogP contribution in [0.1, 0.15) is 356 Å². The normalized spacial score (nSPS) is 14.3. The summed E-state index contributed by atoms with van der Waals surface area (Å²) in [6.45, 7) is 13.0. The van der Waals surface area contributed by atoms with Crippen molar-refractivity contribution in [3.63, 3.8) is 0 Å². The average molecular weight is 1290 g/mol. The summed E-state index contributed by atoms with van der Waals surface area (Å²) in [7, 11) is 0. The van der Waals surface area contributed by atoms with Gasteiger partial charge in [0.2, 0.25) is 35.4 Å². The quantitative estimate of drug-likeness (QED) is 0.0284. The average Bonchev–Trinajstić information content (AvgIpc) is 2.00. The van der Waals surface area contributed by atoms with Crippen LogP contribution in [0.3, 0.4) is 0 Å². The van der Waals surface area contributed by atoms with Gasteiger partial charge in [-0.15, -0.1) is 0 Å². The monoisotopic (exact) mass is 1290 g/mol. The number of hydrogen-bond donors (Lipinski definition) is 5. The van der Waals surface area contributed by atoms with Crippen LogP contribution in [0.25, 0.3) is 0 Å². The number of aliphatic carboxylic acids is 1. The maximum atomic E-state index is 14.7. The first-order chi connectivity index (χ1) is 44.2. The van der Waals surface area contributed by atoms with Crippen molar-refractivity contribution in [3.8, 4) is 0 Å². The zero-order valence-electron chi connectivity index (χ0n) is 59.2. The number of carboxylic acid groups (broad SMARTS) is 1. The molecular formula is C75H139N5O11. The topological polar surface area (TPSA) is 227 Å². The molecule has 1 aliphatic rings. The SMILES string of the molecule is CCCCCCCCCCCCC(CC(=O)CCCCCN1C(=O)CC(C(C)C)C1=O)C(=O)NC(CCCCCCCCCCCC)C(=O)NC(CCCCCCCCCCCC)C(=O)NCCOCCOCCC(=O)NCCCCCCCCCCCC(=O)O. The molecule has 4 atom stereocenters. The Balaban J connectivity index is 3.01. The van der Waals surface area contributed by atoms with Crippen LogP contribution < -0.4 is 21.3 Å². The van der Waals surface area contributed by atoms with Crippen molar-refractivity contribution in [3.05, 3.63) is 0 Å². The highest BCUT2D eigenvalue weighted by Gasteiger charge is 2.39. The van der Waals surface area contributed by atoms with E-state index in [1.807, 2.05) is 13.8 Å². The fourth-order valence-corrected chi connectivity index (χ4v) is 12.4. The van der Waals surface area contributed by atoms with Crippen LogP contribution in [0.5, 0.6) is 0 Å². The molecule has 1 saturated heterocycles. The van der Waals surface area contributed by atoms with Crippen molar-refractivity contribution in [2.75, 3.05) is 46.1 Å². The molecule has 1 aliphatic heterocycles. The van der Waals surface area contributed by atoms with Crippen molar-refractivity contribution in [1.29, 1.82) is 0 Å². The molecule has 0 bridgehead atoms. The third-order valence-corrected chi connectivity index (χ3v) is 18.4. The summed E-state index contributed by atoms with van der Waals surface area (Å²) in [5.41, 5.74) is 0. The van der Waals surface area contributed by atoms with E-state index in [2.05, 4.69) is 42.0 Å². The number of nitrogens with zero attached hydrogens (tertiary/aromatic N) is 1. The second-order valence-corrected chi connectivity index (χ2v) is 27.2. The highest BCUT2D eigenvalue weighted by molar-refractivity contribution is 6.03. The summed E-state index contributed by atoms with van der Waals surface area (Å²) in [5, 5.41) is 21.0. The number of amides is 6. The van der Waals surface area contributed by atoms with Gasteiger partial charge in [-0.3, -0.25) is 43.3 Å². The Hall–Kier alpha value is -3.92. The number of carbonyl (C=O) groups excluding carboxylic acids is 7. The summed E-state index contributed by atoms with van der Waals surface area (Å²) < 4.78 is 11.5. The van der Waals surface area contributed by atoms with Crippen LogP contribution in [-0.4, -0.2) is 115 Å². The fraction of sp³-hybridized carbons (Fsp3) is 0.893. The standard InChI is InChI=1S/C75H139N5O11/c1-6-9-12-15-18-21-25-30-35-41-48-64(61-65(81)49-42-40-47-56-80-70(83)62-66(63(4)5)75(80)89)72(86)78-68(51-44-37-32-27-23-20-17-14-11-8-3)74(88)79-67(50-43-36-31-26-22-19-16-13-10-7-2)73(87)77-55-58-91-60-59-90-57-53-69(82)76-54-46-39-34-29-24-28-33-38-45-52-71(84)85/h63-64,66-68H,6-62H2,1-5H3,(H,76,82)(H,77,87)(H,78,86)(H,79,88)(H,84,85). The molecule has 530 valence electrons. The molecule has 0 radical (unpaired) electrons. The molecule has 4 unspecified atom stereocenters. The number of hydrogen-bond acceptors (Lipinski definition) is 10. The molecule has 5 N–H and O–H groups in total. The molecule has 1 fully saturated rings. The molecule has 0 aliphatic carbocycles. The molecule has 1 heterocycles. The highest BCUT2D eigenvalue weighted by atomic mass is 16.5. The van der Waals surface area contributed by atoms with E-state index < -0.39 is 24.0 Å². The maximum absolute atomic E-state index is 14.7. The predicted molar refractivity (Wildman–Crippen MR) is 371 cm³/mol. The van der Waals surface area contributed by atoms with Gasteiger partial charge in [0.15, 0.2) is 0 Å². The Labute approximate surface area is 555 Å². The Morgan fingerprint density at radius 1 is 0.440 bits per heavy atom. The summed E-state index contributed by atoms with van der Waals surface area (Å²) in [6.07, 6.45) is 48.3. The number of nitrogens with one attached hydrogen (secondary N) is 4. The summed E-state index contributed by atoms with van der Waals surface area (Å²) in [4.78, 5) is 107. The number of rotatable bonds is 68. The number of imide groups is 1. The molecule has 16 heteroatoms. The minimum atomic E-state index is -0.864. The van der Waals surface area contributed by atoms with Crippen molar-refractivity contribution >= 4 is 47.2 Å². The lowest BCUT2D eigenvalue weighted by molar-refractivity contribution is -0.140. The van der Waals surface area contributed by atoms with Crippen LogP contribution in [0.4, 0.5) is 0 Å². The molecule has 16 nitrogen and oxygen atoms in total. The van der Waals surface area contributed by atoms with Gasteiger partial charge in [-0.2, -0.15) is 0 Å². The summed E-state index contributed by atoms with van der Waals surface area (Å²) >= 11 is 0. The summed E-state index contributed by atoms with van der Waals surface area (Å²) in [5.74, 6) is -2.64. The molecule has 1 rings (SSSR count). The van der Waals surface area contributed by atoms with E-state index in [1.54, 1.807) is 0 Å². The number of likely N-dealkylation sites (tertiary alicyclic amines) is 1. The molecule has 0 aromatic heterocycles. The van der Waals surface area contributed by atoms with Crippen molar-refractivity contribution < 1.29 is 52.9 Å². The zero-order chi connectivity index (χ0) is 66.6. The van der Waals surface area contributed by atoms with Gasteiger partial charge in [0, 0.05) is 63.6 Å². The maximum Gasteiger partial charge on any atom is 0.303 e. The minimum absolute atomic E-state index is 0.00594. The van der Waals surface area contributed by atoms with E-state index in [0.717, 1.165) is 135 Å².